The Morgan fingerprint density at radius 3 is 2.83 bits per heavy atom. The highest BCUT2D eigenvalue weighted by Crippen LogP contribution is 2.26. The maximum atomic E-state index is 12.2. The van der Waals surface area contributed by atoms with E-state index in [-0.39, 0.29) is 18.3 Å². The Balaban J connectivity index is 0.00000208. The van der Waals surface area contributed by atoms with E-state index in [2.05, 4.69) is 15.7 Å². The molecule has 6 heteroatoms. The molecule has 0 aromatic carbocycles. The SMILES string of the molecule is Cl.O=C(NCCCC1CCCCC1)c1ccn(C2CCCNC2)n1. The quantitative estimate of drug-likeness (QED) is 0.770. The molecule has 1 atom stereocenters. The summed E-state index contributed by atoms with van der Waals surface area (Å²) in [6.07, 6.45) is 13.5. The number of hydrogen-bond donors (Lipinski definition) is 2. The Morgan fingerprint density at radius 2 is 2.08 bits per heavy atom. The Morgan fingerprint density at radius 1 is 1.25 bits per heavy atom. The van der Waals surface area contributed by atoms with Gasteiger partial charge in [-0.2, -0.15) is 5.10 Å². The number of hydrogen-bond acceptors (Lipinski definition) is 3. The van der Waals surface area contributed by atoms with Crippen LogP contribution in [0.1, 0.15) is 74.3 Å². The van der Waals surface area contributed by atoms with Gasteiger partial charge in [0.25, 0.3) is 5.91 Å². The van der Waals surface area contributed by atoms with Gasteiger partial charge in [0.05, 0.1) is 6.04 Å². The van der Waals surface area contributed by atoms with E-state index in [1.165, 1.54) is 44.9 Å². The average Bonchev–Trinajstić information content (AvgIpc) is 3.10. The molecule has 2 N–H and O–H groups in total. The fourth-order valence-corrected chi connectivity index (χ4v) is 3.88. The number of nitrogens with zero attached hydrogens (tertiary/aromatic N) is 2. The van der Waals surface area contributed by atoms with Crippen LogP contribution >= 0.6 is 12.4 Å². The molecule has 1 aromatic heterocycles. The maximum absolute atomic E-state index is 12.2. The van der Waals surface area contributed by atoms with Gasteiger partial charge in [-0.25, -0.2) is 0 Å². The summed E-state index contributed by atoms with van der Waals surface area (Å²) in [5.74, 6) is 0.856. The Bertz CT molecular complexity index is 493. The van der Waals surface area contributed by atoms with Crippen LogP contribution in [0.3, 0.4) is 0 Å². The van der Waals surface area contributed by atoms with Crippen molar-refractivity contribution in [3.63, 3.8) is 0 Å². The standard InChI is InChI=1S/C18H30N4O.ClH/c23-18(20-12-4-8-15-6-2-1-3-7-15)17-10-13-22(21-17)16-9-5-11-19-14-16;/h10,13,15-16,19H,1-9,11-12,14H2,(H,20,23);1H. The van der Waals surface area contributed by atoms with E-state index in [0.29, 0.717) is 11.7 Å². The second kappa shape index (κ2) is 10.0. The highest BCUT2D eigenvalue weighted by Gasteiger charge is 2.18. The van der Waals surface area contributed by atoms with Crippen LogP contribution in [0.25, 0.3) is 0 Å². The van der Waals surface area contributed by atoms with Crippen LogP contribution in [0.4, 0.5) is 0 Å². The third-order valence-corrected chi connectivity index (χ3v) is 5.29. The molecular formula is C18H31ClN4O. The zero-order valence-electron chi connectivity index (χ0n) is 14.5. The molecule has 0 spiro atoms. The van der Waals surface area contributed by atoms with Crippen molar-refractivity contribution in [1.82, 2.24) is 20.4 Å². The van der Waals surface area contributed by atoms with Crippen molar-refractivity contribution in [3.8, 4) is 0 Å². The lowest BCUT2D eigenvalue weighted by molar-refractivity contribution is 0.0945. The van der Waals surface area contributed by atoms with Crippen LogP contribution in [0.5, 0.6) is 0 Å². The predicted molar refractivity (Wildman–Crippen MR) is 98.8 cm³/mol. The van der Waals surface area contributed by atoms with E-state index in [1.807, 2.05) is 16.9 Å². The van der Waals surface area contributed by atoms with E-state index >= 15 is 0 Å². The molecule has 2 aliphatic rings. The molecule has 0 bridgehead atoms. The molecule has 5 nitrogen and oxygen atoms in total. The van der Waals surface area contributed by atoms with E-state index < -0.39 is 0 Å². The molecule has 1 aliphatic heterocycles. The summed E-state index contributed by atoms with van der Waals surface area (Å²) >= 11 is 0. The first-order chi connectivity index (χ1) is 11.3. The number of nitrogens with one attached hydrogen (secondary N) is 2. The molecule has 24 heavy (non-hydrogen) atoms. The van der Waals surface area contributed by atoms with Gasteiger partial charge >= 0.3 is 0 Å². The van der Waals surface area contributed by atoms with Gasteiger partial charge < -0.3 is 10.6 Å². The number of carbonyl (C=O) groups excluding carboxylic acids is 1. The lowest BCUT2D eigenvalue weighted by Gasteiger charge is -2.22. The minimum absolute atomic E-state index is 0. The van der Waals surface area contributed by atoms with Crippen molar-refractivity contribution in [2.75, 3.05) is 19.6 Å². The molecule has 1 amide bonds. The van der Waals surface area contributed by atoms with E-state index in [0.717, 1.165) is 38.4 Å². The first-order valence-corrected chi connectivity index (χ1v) is 9.37. The van der Waals surface area contributed by atoms with Crippen LogP contribution in [0.15, 0.2) is 12.3 Å². The van der Waals surface area contributed by atoms with Crippen molar-refractivity contribution in [2.45, 2.75) is 63.8 Å². The van der Waals surface area contributed by atoms with E-state index in [4.69, 9.17) is 0 Å². The van der Waals surface area contributed by atoms with Gasteiger partial charge in [-0.15, -0.1) is 12.4 Å². The highest BCUT2D eigenvalue weighted by atomic mass is 35.5. The summed E-state index contributed by atoms with van der Waals surface area (Å²) < 4.78 is 1.95. The van der Waals surface area contributed by atoms with Crippen LogP contribution in [0, 0.1) is 5.92 Å². The molecule has 136 valence electrons. The van der Waals surface area contributed by atoms with Gasteiger partial charge in [0.2, 0.25) is 0 Å². The van der Waals surface area contributed by atoms with Gasteiger partial charge in [-0.3, -0.25) is 9.48 Å². The second-order valence-electron chi connectivity index (χ2n) is 7.08. The largest absolute Gasteiger partial charge is 0.351 e. The van der Waals surface area contributed by atoms with Gasteiger partial charge in [0, 0.05) is 19.3 Å². The number of carbonyl (C=O) groups is 1. The molecule has 1 aliphatic carbocycles. The smallest absolute Gasteiger partial charge is 0.271 e. The molecule has 1 aromatic rings. The van der Waals surface area contributed by atoms with Crippen molar-refractivity contribution < 1.29 is 4.79 Å². The average molecular weight is 355 g/mol. The molecule has 0 radical (unpaired) electrons. The number of piperidine rings is 1. The fourth-order valence-electron chi connectivity index (χ4n) is 3.88. The van der Waals surface area contributed by atoms with Crippen molar-refractivity contribution in [2.24, 2.45) is 5.92 Å². The summed E-state index contributed by atoms with van der Waals surface area (Å²) in [5, 5.41) is 10.9. The van der Waals surface area contributed by atoms with Crippen LogP contribution in [0.2, 0.25) is 0 Å². The second-order valence-corrected chi connectivity index (χ2v) is 7.08. The van der Waals surface area contributed by atoms with Crippen LogP contribution in [-0.2, 0) is 0 Å². The third-order valence-electron chi connectivity index (χ3n) is 5.29. The Labute approximate surface area is 151 Å². The molecular weight excluding hydrogens is 324 g/mol. The lowest BCUT2D eigenvalue weighted by Crippen LogP contribution is -2.32. The topological polar surface area (TPSA) is 59.0 Å². The maximum Gasteiger partial charge on any atom is 0.271 e. The van der Waals surface area contributed by atoms with Gasteiger partial charge in [0.1, 0.15) is 5.69 Å². The number of rotatable bonds is 6. The molecule has 1 unspecified atom stereocenters. The van der Waals surface area contributed by atoms with Crippen molar-refractivity contribution >= 4 is 18.3 Å². The summed E-state index contributed by atoms with van der Waals surface area (Å²) in [5.41, 5.74) is 0.549. The van der Waals surface area contributed by atoms with Crippen molar-refractivity contribution in [1.29, 1.82) is 0 Å². The summed E-state index contributed by atoms with van der Waals surface area (Å²) in [7, 11) is 0. The fraction of sp³-hybridized carbons (Fsp3) is 0.778. The molecule has 1 saturated heterocycles. The van der Waals surface area contributed by atoms with Gasteiger partial charge in [0.15, 0.2) is 0 Å². The van der Waals surface area contributed by atoms with Crippen LogP contribution < -0.4 is 10.6 Å². The minimum atomic E-state index is -0.0313. The Hall–Kier alpha value is -1.07. The predicted octanol–water partition coefficient (Wildman–Crippen LogP) is 3.32. The normalized spacial score (nSPS) is 21.9. The summed E-state index contributed by atoms with van der Waals surface area (Å²) in [4.78, 5) is 12.2. The first kappa shape index (κ1) is 19.3. The molecule has 1 saturated carbocycles. The van der Waals surface area contributed by atoms with Crippen molar-refractivity contribution in [3.05, 3.63) is 18.0 Å². The molecule has 2 fully saturated rings. The molecule has 2 heterocycles. The third kappa shape index (κ3) is 5.49. The number of amides is 1. The summed E-state index contributed by atoms with van der Waals surface area (Å²) in [6.45, 7) is 2.81. The monoisotopic (exact) mass is 354 g/mol. The zero-order chi connectivity index (χ0) is 15.9. The highest BCUT2D eigenvalue weighted by molar-refractivity contribution is 5.92. The Kier molecular flexibility index (Phi) is 8.06. The zero-order valence-corrected chi connectivity index (χ0v) is 15.3. The first-order valence-electron chi connectivity index (χ1n) is 9.37. The van der Waals surface area contributed by atoms with Gasteiger partial charge in [-0.1, -0.05) is 32.1 Å². The van der Waals surface area contributed by atoms with E-state index in [9.17, 15) is 4.79 Å². The number of aromatic nitrogens is 2. The summed E-state index contributed by atoms with van der Waals surface area (Å²) in [6, 6.07) is 2.22. The van der Waals surface area contributed by atoms with Crippen LogP contribution in [-0.4, -0.2) is 35.3 Å². The lowest BCUT2D eigenvalue weighted by atomic mass is 9.86. The minimum Gasteiger partial charge on any atom is -0.351 e. The molecule has 3 rings (SSSR count). The van der Waals surface area contributed by atoms with E-state index in [1.54, 1.807) is 0 Å². The van der Waals surface area contributed by atoms with Gasteiger partial charge in [-0.05, 0) is 44.2 Å². The number of halogens is 1.